The highest BCUT2D eigenvalue weighted by atomic mass is 32.2. The highest BCUT2D eigenvalue weighted by molar-refractivity contribution is 8.13. The minimum Gasteiger partial charge on any atom is -0.352 e. The first-order valence-electron chi connectivity index (χ1n) is 5.86. The Kier molecular flexibility index (Phi) is 5.19. The molecule has 0 amide bonds. The van der Waals surface area contributed by atoms with Crippen molar-refractivity contribution in [3.8, 4) is 0 Å². The Morgan fingerprint density at radius 1 is 1.20 bits per heavy atom. The van der Waals surface area contributed by atoms with Crippen molar-refractivity contribution < 1.29 is 0 Å². The summed E-state index contributed by atoms with van der Waals surface area (Å²) in [4.78, 5) is 7.27. The van der Waals surface area contributed by atoms with E-state index in [9.17, 15) is 0 Å². The average Bonchev–Trinajstić information content (AvgIpc) is 2.19. The van der Waals surface area contributed by atoms with Crippen LogP contribution in [0.25, 0.3) is 0 Å². The molecule has 1 fully saturated rings. The molecule has 88 valence electrons. The lowest BCUT2D eigenvalue weighted by atomic mass is 10.1. The third kappa shape index (κ3) is 5.07. The van der Waals surface area contributed by atoms with E-state index in [4.69, 9.17) is 4.99 Å². The molecule has 1 aliphatic rings. The Balaban J connectivity index is 2.53. The molecule has 0 aliphatic carbocycles. The lowest BCUT2D eigenvalue weighted by Crippen LogP contribution is -2.35. The van der Waals surface area contributed by atoms with Gasteiger partial charge >= 0.3 is 0 Å². The van der Waals surface area contributed by atoms with Crippen LogP contribution >= 0.6 is 11.8 Å². The summed E-state index contributed by atoms with van der Waals surface area (Å²) in [6, 6.07) is 0. The molecular weight excluding hydrogens is 220 g/mol. The molecule has 0 spiro atoms. The van der Waals surface area contributed by atoms with Crippen molar-refractivity contribution in [3.05, 3.63) is 0 Å². The zero-order valence-corrected chi connectivity index (χ0v) is 12.4. The average molecular weight is 244 g/mol. The number of aliphatic imine (C=N–C) groups is 1. The molecule has 0 radical (unpaired) electrons. The minimum atomic E-state index is -1.03. The van der Waals surface area contributed by atoms with Crippen molar-refractivity contribution in [1.29, 1.82) is 0 Å². The summed E-state index contributed by atoms with van der Waals surface area (Å²) < 4.78 is 0. The third-order valence-corrected chi connectivity index (χ3v) is 4.36. The summed E-state index contributed by atoms with van der Waals surface area (Å²) in [6.45, 7) is 9.57. The van der Waals surface area contributed by atoms with E-state index in [1.807, 2.05) is 11.8 Å². The number of rotatable bonds is 2. The van der Waals surface area contributed by atoms with Crippen LogP contribution in [0.3, 0.4) is 0 Å². The van der Waals surface area contributed by atoms with Crippen LogP contribution in [0, 0.1) is 0 Å². The molecule has 15 heavy (non-hydrogen) atoms. The van der Waals surface area contributed by atoms with E-state index < -0.39 is 8.07 Å². The molecule has 2 nitrogen and oxygen atoms in total. The number of thioether (sulfide) groups is 1. The second-order valence-corrected chi connectivity index (χ2v) is 11.6. The number of piperidine rings is 1. The maximum atomic E-state index is 4.80. The van der Waals surface area contributed by atoms with Gasteiger partial charge < -0.3 is 4.90 Å². The van der Waals surface area contributed by atoms with Gasteiger partial charge in [0.2, 0.25) is 0 Å². The van der Waals surface area contributed by atoms with E-state index in [0.29, 0.717) is 0 Å². The highest BCUT2D eigenvalue weighted by Gasteiger charge is 2.16. The fourth-order valence-corrected chi connectivity index (χ4v) is 3.06. The Bertz CT molecular complexity index is 217. The molecule has 1 aliphatic heterocycles. The summed E-state index contributed by atoms with van der Waals surface area (Å²) in [5.74, 6) is 0. The summed E-state index contributed by atoms with van der Waals surface area (Å²) in [6.07, 6.45) is 7.29. The van der Waals surface area contributed by atoms with Gasteiger partial charge in [-0.05, 0) is 25.5 Å². The fraction of sp³-hybridized carbons (Fsp3) is 0.909. The molecule has 0 saturated carbocycles. The third-order valence-electron chi connectivity index (χ3n) is 2.50. The second-order valence-electron chi connectivity index (χ2n) is 5.41. The molecule has 0 N–H and O–H groups in total. The van der Waals surface area contributed by atoms with Gasteiger partial charge in [-0.15, -0.1) is 0 Å². The molecule has 0 atom stereocenters. The topological polar surface area (TPSA) is 15.6 Å². The van der Waals surface area contributed by atoms with E-state index in [1.165, 1.54) is 37.5 Å². The first kappa shape index (κ1) is 13.1. The van der Waals surface area contributed by atoms with E-state index in [-0.39, 0.29) is 0 Å². The maximum Gasteiger partial charge on any atom is 0.158 e. The monoisotopic (exact) mass is 244 g/mol. The lowest BCUT2D eigenvalue weighted by molar-refractivity contribution is 0.347. The summed E-state index contributed by atoms with van der Waals surface area (Å²) in [5.41, 5.74) is 0. The van der Waals surface area contributed by atoms with Crippen LogP contribution in [0.4, 0.5) is 0 Å². The smallest absolute Gasteiger partial charge is 0.158 e. The van der Waals surface area contributed by atoms with Crippen LogP contribution in [-0.4, -0.2) is 43.7 Å². The van der Waals surface area contributed by atoms with Crippen LogP contribution in [0.15, 0.2) is 4.99 Å². The predicted octanol–water partition coefficient (Wildman–Crippen LogP) is 3.07. The molecule has 1 saturated heterocycles. The van der Waals surface area contributed by atoms with Crippen molar-refractivity contribution in [2.45, 2.75) is 38.9 Å². The summed E-state index contributed by atoms with van der Waals surface area (Å²) >= 11 is 1.82. The molecule has 0 aromatic rings. The molecule has 0 aromatic heterocycles. The van der Waals surface area contributed by atoms with Crippen LogP contribution < -0.4 is 0 Å². The van der Waals surface area contributed by atoms with Gasteiger partial charge in [0.05, 0.1) is 8.07 Å². The number of hydrogen-bond acceptors (Lipinski definition) is 2. The number of nitrogens with zero attached hydrogens (tertiary/aromatic N) is 2. The van der Waals surface area contributed by atoms with Crippen LogP contribution in [-0.2, 0) is 0 Å². The van der Waals surface area contributed by atoms with E-state index >= 15 is 0 Å². The van der Waals surface area contributed by atoms with Crippen LogP contribution in [0.5, 0.6) is 0 Å². The van der Waals surface area contributed by atoms with Crippen molar-refractivity contribution in [2.24, 2.45) is 4.99 Å². The van der Waals surface area contributed by atoms with Gasteiger partial charge in [0.25, 0.3) is 0 Å². The van der Waals surface area contributed by atoms with E-state index in [0.717, 1.165) is 6.17 Å². The van der Waals surface area contributed by atoms with Crippen LogP contribution in [0.1, 0.15) is 19.3 Å². The van der Waals surface area contributed by atoms with Crippen molar-refractivity contribution in [1.82, 2.24) is 4.90 Å². The standard InChI is InChI=1S/C11H24N2SSi/c1-14-11(12-10-15(2,3)4)13-8-6-5-7-9-13/h5-10H2,1-4H3. The Morgan fingerprint density at radius 3 is 2.27 bits per heavy atom. The molecule has 1 heterocycles. The summed E-state index contributed by atoms with van der Waals surface area (Å²) in [7, 11) is -1.03. The van der Waals surface area contributed by atoms with Gasteiger partial charge in [-0.3, -0.25) is 4.99 Å². The number of likely N-dealkylation sites (tertiary alicyclic amines) is 1. The van der Waals surface area contributed by atoms with E-state index in [1.54, 1.807) is 0 Å². The number of amidine groups is 1. The van der Waals surface area contributed by atoms with Gasteiger partial charge in [-0.25, -0.2) is 0 Å². The number of hydrogen-bond donors (Lipinski definition) is 0. The first-order chi connectivity index (χ1) is 7.03. The van der Waals surface area contributed by atoms with Gasteiger partial charge in [-0.1, -0.05) is 31.4 Å². The Hall–Kier alpha value is 0.0369. The quantitative estimate of drug-likeness (QED) is 0.421. The molecule has 1 rings (SSSR count). The Morgan fingerprint density at radius 2 is 1.80 bits per heavy atom. The van der Waals surface area contributed by atoms with Crippen molar-refractivity contribution >= 4 is 25.0 Å². The Labute approximate surface area is 99.5 Å². The molecule has 0 unspecified atom stereocenters. The van der Waals surface area contributed by atoms with Gasteiger partial charge in [0.15, 0.2) is 5.17 Å². The van der Waals surface area contributed by atoms with Crippen molar-refractivity contribution in [2.75, 3.05) is 25.5 Å². The fourth-order valence-electron chi connectivity index (χ4n) is 1.68. The lowest BCUT2D eigenvalue weighted by Gasteiger charge is -2.29. The van der Waals surface area contributed by atoms with Crippen molar-refractivity contribution in [3.63, 3.8) is 0 Å². The maximum absolute atomic E-state index is 4.80. The van der Waals surface area contributed by atoms with Gasteiger partial charge in [0.1, 0.15) is 0 Å². The normalized spacial score (nSPS) is 19.5. The van der Waals surface area contributed by atoms with Gasteiger partial charge in [0, 0.05) is 19.3 Å². The highest BCUT2D eigenvalue weighted by Crippen LogP contribution is 2.15. The molecular formula is C11H24N2SSi. The zero-order valence-electron chi connectivity index (χ0n) is 10.5. The zero-order chi connectivity index (χ0) is 11.3. The van der Waals surface area contributed by atoms with Gasteiger partial charge in [-0.2, -0.15) is 0 Å². The largest absolute Gasteiger partial charge is 0.352 e. The SMILES string of the molecule is CSC(=NC[Si](C)(C)C)N1CCCCC1. The summed E-state index contributed by atoms with van der Waals surface area (Å²) in [5, 5.41) is 1.28. The second kappa shape index (κ2) is 5.94. The first-order valence-corrected chi connectivity index (χ1v) is 10.8. The molecule has 0 bridgehead atoms. The van der Waals surface area contributed by atoms with Crippen LogP contribution in [0.2, 0.25) is 19.6 Å². The molecule has 0 aromatic carbocycles. The predicted molar refractivity (Wildman–Crippen MR) is 74.6 cm³/mol. The van der Waals surface area contributed by atoms with E-state index in [2.05, 4.69) is 30.8 Å². The molecule has 4 heteroatoms. The minimum absolute atomic E-state index is 1.03.